The Hall–Kier alpha value is -0.770. The second-order valence-electron chi connectivity index (χ2n) is 5.26. The van der Waals surface area contributed by atoms with E-state index in [9.17, 15) is 0 Å². The van der Waals surface area contributed by atoms with Gasteiger partial charge in [-0.1, -0.05) is 11.6 Å². The third kappa shape index (κ3) is 2.54. The molecule has 2 heterocycles. The van der Waals surface area contributed by atoms with E-state index in [1.807, 2.05) is 18.2 Å². The van der Waals surface area contributed by atoms with Crippen LogP contribution in [0, 0.1) is 0 Å². The Labute approximate surface area is 128 Å². The van der Waals surface area contributed by atoms with Crippen LogP contribution in [0.3, 0.4) is 0 Å². The number of hydrogen-bond acceptors (Lipinski definition) is 2. The normalized spacial score (nSPS) is 20.6. The number of fused-ring (bicyclic) bond motifs is 1. The first-order valence-electron chi connectivity index (χ1n) is 7.04. The minimum absolute atomic E-state index is 0.261. The fraction of sp³-hybridized carbons (Fsp3) is 0.533. The Morgan fingerprint density at radius 3 is 3.05 bits per heavy atom. The van der Waals surface area contributed by atoms with Gasteiger partial charge in [0.1, 0.15) is 5.82 Å². The first-order chi connectivity index (χ1) is 9.70. The Kier molecular flexibility index (Phi) is 4.20. The van der Waals surface area contributed by atoms with Gasteiger partial charge in [-0.25, -0.2) is 4.98 Å². The van der Waals surface area contributed by atoms with E-state index in [2.05, 4.69) is 11.5 Å². The van der Waals surface area contributed by atoms with Gasteiger partial charge in [0, 0.05) is 23.9 Å². The average Bonchev–Trinajstić information content (AvgIpc) is 3.05. The van der Waals surface area contributed by atoms with Crippen LogP contribution in [0.2, 0.25) is 5.02 Å². The molecule has 0 aliphatic carbocycles. The summed E-state index contributed by atoms with van der Waals surface area (Å²) in [5.74, 6) is 1.58. The van der Waals surface area contributed by atoms with Crippen LogP contribution in [0.15, 0.2) is 18.2 Å². The molecule has 3 nitrogen and oxygen atoms in total. The van der Waals surface area contributed by atoms with Crippen LogP contribution in [0.1, 0.15) is 31.6 Å². The summed E-state index contributed by atoms with van der Waals surface area (Å²) in [4.78, 5) is 4.69. The highest BCUT2D eigenvalue weighted by Crippen LogP contribution is 2.30. The van der Waals surface area contributed by atoms with Crippen molar-refractivity contribution in [1.82, 2.24) is 9.55 Å². The van der Waals surface area contributed by atoms with Gasteiger partial charge in [-0.05, 0) is 38.0 Å². The lowest BCUT2D eigenvalue weighted by Gasteiger charge is -2.23. The molecule has 3 rings (SSSR count). The van der Waals surface area contributed by atoms with Crippen molar-refractivity contribution in [2.24, 2.45) is 0 Å². The van der Waals surface area contributed by atoms with E-state index in [0.29, 0.717) is 10.9 Å². The minimum atomic E-state index is 0.261. The summed E-state index contributed by atoms with van der Waals surface area (Å²) in [7, 11) is 0. The van der Waals surface area contributed by atoms with Crippen molar-refractivity contribution in [3.8, 4) is 0 Å². The molecule has 0 radical (unpaired) electrons. The van der Waals surface area contributed by atoms with Crippen LogP contribution in [-0.4, -0.2) is 28.1 Å². The summed E-state index contributed by atoms with van der Waals surface area (Å²) in [6.45, 7) is 3.06. The maximum absolute atomic E-state index is 6.06. The Morgan fingerprint density at radius 1 is 1.50 bits per heavy atom. The predicted molar refractivity (Wildman–Crippen MR) is 82.9 cm³/mol. The van der Waals surface area contributed by atoms with E-state index in [1.54, 1.807) is 0 Å². The van der Waals surface area contributed by atoms with E-state index in [1.165, 1.54) is 0 Å². The predicted octanol–water partition coefficient (Wildman–Crippen LogP) is 4.21. The van der Waals surface area contributed by atoms with Crippen molar-refractivity contribution in [2.75, 3.05) is 12.5 Å². The number of aryl methyl sites for hydroxylation is 1. The zero-order chi connectivity index (χ0) is 14.1. The number of aromatic nitrogens is 2. The highest BCUT2D eigenvalue weighted by Gasteiger charge is 2.26. The number of rotatable bonds is 4. The molecule has 2 unspecified atom stereocenters. The second-order valence-corrected chi connectivity index (χ2v) is 6.08. The van der Waals surface area contributed by atoms with Crippen LogP contribution in [0.4, 0.5) is 0 Å². The first-order valence-corrected chi connectivity index (χ1v) is 7.96. The molecular weight excluding hydrogens is 295 g/mol. The van der Waals surface area contributed by atoms with Crippen molar-refractivity contribution in [1.29, 1.82) is 0 Å². The van der Waals surface area contributed by atoms with Gasteiger partial charge in [-0.2, -0.15) is 0 Å². The standard InChI is InChI=1S/C15H18Cl2N2O/c1-10(14-3-2-8-20-14)19-13-5-4-11(17)9-12(13)18-15(19)6-7-16/h4-5,9-10,14H,2-3,6-8H2,1H3. The number of halogens is 2. The quantitative estimate of drug-likeness (QED) is 0.791. The van der Waals surface area contributed by atoms with E-state index >= 15 is 0 Å². The van der Waals surface area contributed by atoms with Crippen molar-refractivity contribution in [2.45, 2.75) is 38.3 Å². The van der Waals surface area contributed by atoms with E-state index < -0.39 is 0 Å². The van der Waals surface area contributed by atoms with E-state index in [0.717, 1.165) is 42.7 Å². The topological polar surface area (TPSA) is 27.1 Å². The number of nitrogens with zero attached hydrogens (tertiary/aromatic N) is 2. The number of imidazole rings is 1. The lowest BCUT2D eigenvalue weighted by Crippen LogP contribution is -2.22. The second kappa shape index (κ2) is 5.92. The van der Waals surface area contributed by atoms with Gasteiger partial charge >= 0.3 is 0 Å². The zero-order valence-corrected chi connectivity index (χ0v) is 13.0. The summed E-state index contributed by atoms with van der Waals surface area (Å²) < 4.78 is 8.10. The molecule has 1 aliphatic heterocycles. The average molecular weight is 313 g/mol. The largest absolute Gasteiger partial charge is 0.376 e. The smallest absolute Gasteiger partial charge is 0.111 e. The Bertz CT molecular complexity index is 605. The molecule has 2 aromatic rings. The maximum atomic E-state index is 6.06. The highest BCUT2D eigenvalue weighted by molar-refractivity contribution is 6.31. The summed E-state index contributed by atoms with van der Waals surface area (Å²) in [5, 5.41) is 0.712. The van der Waals surface area contributed by atoms with E-state index in [-0.39, 0.29) is 12.1 Å². The lowest BCUT2D eigenvalue weighted by atomic mass is 10.1. The van der Waals surface area contributed by atoms with Gasteiger partial charge in [-0.15, -0.1) is 11.6 Å². The first kappa shape index (κ1) is 14.2. The third-order valence-corrected chi connectivity index (χ3v) is 4.38. The van der Waals surface area contributed by atoms with Gasteiger partial charge in [0.25, 0.3) is 0 Å². The fourth-order valence-electron chi connectivity index (χ4n) is 2.99. The molecule has 1 aromatic carbocycles. The van der Waals surface area contributed by atoms with Crippen LogP contribution in [0.25, 0.3) is 11.0 Å². The van der Waals surface area contributed by atoms with Gasteiger partial charge in [0.2, 0.25) is 0 Å². The molecule has 20 heavy (non-hydrogen) atoms. The van der Waals surface area contributed by atoms with Gasteiger partial charge < -0.3 is 9.30 Å². The Morgan fingerprint density at radius 2 is 2.35 bits per heavy atom. The van der Waals surface area contributed by atoms with Gasteiger partial charge in [0.05, 0.1) is 23.2 Å². The number of alkyl halides is 1. The van der Waals surface area contributed by atoms with Crippen LogP contribution in [-0.2, 0) is 11.2 Å². The number of hydrogen-bond donors (Lipinski definition) is 0. The fourth-order valence-corrected chi connectivity index (χ4v) is 3.32. The maximum Gasteiger partial charge on any atom is 0.111 e. The molecular formula is C15H18Cl2N2O. The molecule has 1 aliphatic rings. The van der Waals surface area contributed by atoms with E-state index in [4.69, 9.17) is 32.9 Å². The molecule has 0 amide bonds. The molecule has 2 atom stereocenters. The molecule has 1 fully saturated rings. The summed E-state index contributed by atoms with van der Waals surface area (Å²) in [6, 6.07) is 6.12. The molecule has 108 valence electrons. The Balaban J connectivity index is 2.07. The van der Waals surface area contributed by atoms with Crippen molar-refractivity contribution < 1.29 is 4.74 Å². The van der Waals surface area contributed by atoms with Crippen LogP contribution in [0.5, 0.6) is 0 Å². The van der Waals surface area contributed by atoms with Gasteiger partial charge in [0.15, 0.2) is 0 Å². The SMILES string of the molecule is CC(C1CCCO1)n1c(CCCl)nc2cc(Cl)ccc21. The third-order valence-electron chi connectivity index (χ3n) is 3.95. The molecule has 0 N–H and O–H groups in total. The zero-order valence-electron chi connectivity index (χ0n) is 11.5. The minimum Gasteiger partial charge on any atom is -0.376 e. The van der Waals surface area contributed by atoms with Crippen LogP contribution >= 0.6 is 23.2 Å². The van der Waals surface area contributed by atoms with Crippen molar-refractivity contribution >= 4 is 34.2 Å². The monoisotopic (exact) mass is 312 g/mol. The lowest BCUT2D eigenvalue weighted by molar-refractivity contribution is 0.0736. The number of ether oxygens (including phenoxy) is 1. The molecule has 0 saturated carbocycles. The molecule has 5 heteroatoms. The molecule has 0 spiro atoms. The molecule has 1 aromatic heterocycles. The van der Waals surface area contributed by atoms with Crippen LogP contribution < -0.4 is 0 Å². The summed E-state index contributed by atoms with van der Waals surface area (Å²) >= 11 is 12.0. The molecule has 0 bridgehead atoms. The highest BCUT2D eigenvalue weighted by atomic mass is 35.5. The number of benzene rings is 1. The van der Waals surface area contributed by atoms with Gasteiger partial charge in [-0.3, -0.25) is 0 Å². The van der Waals surface area contributed by atoms with Crippen molar-refractivity contribution in [3.63, 3.8) is 0 Å². The van der Waals surface area contributed by atoms with Crippen molar-refractivity contribution in [3.05, 3.63) is 29.0 Å². The summed E-state index contributed by atoms with van der Waals surface area (Å²) in [5.41, 5.74) is 2.04. The summed E-state index contributed by atoms with van der Waals surface area (Å²) in [6.07, 6.45) is 3.26. The molecule has 1 saturated heterocycles.